The van der Waals surface area contributed by atoms with E-state index < -0.39 is 0 Å². The Morgan fingerprint density at radius 2 is 2.00 bits per heavy atom. The Bertz CT molecular complexity index is 220. The number of esters is 1. The number of amides is 1. The van der Waals surface area contributed by atoms with Crippen molar-refractivity contribution >= 4 is 12.4 Å². The maximum absolute atomic E-state index is 10.8. The topological polar surface area (TPSA) is 81.4 Å². The lowest BCUT2D eigenvalue weighted by molar-refractivity contribution is -0.152. The van der Waals surface area contributed by atoms with Gasteiger partial charge in [0, 0.05) is 6.04 Å². The van der Waals surface area contributed by atoms with Crippen LogP contribution in [0.25, 0.3) is 0 Å². The number of carbonyl (C=O) groups is 2. The molecule has 3 N–H and O–H groups in total. The van der Waals surface area contributed by atoms with Crippen LogP contribution in [0.3, 0.4) is 0 Å². The van der Waals surface area contributed by atoms with Gasteiger partial charge in [-0.2, -0.15) is 0 Å². The molecule has 0 aromatic rings. The molecule has 1 fully saturated rings. The van der Waals surface area contributed by atoms with E-state index in [0.29, 0.717) is 18.4 Å². The van der Waals surface area contributed by atoms with Crippen molar-refractivity contribution in [1.82, 2.24) is 5.32 Å². The van der Waals surface area contributed by atoms with Gasteiger partial charge in [-0.1, -0.05) is 13.8 Å². The molecule has 0 saturated heterocycles. The molecule has 0 spiro atoms. The van der Waals surface area contributed by atoms with Crippen LogP contribution in [0.2, 0.25) is 0 Å². The third-order valence-electron chi connectivity index (χ3n) is 2.73. The van der Waals surface area contributed by atoms with E-state index in [1.807, 2.05) is 6.92 Å². The number of carbonyl (C=O) groups excluding carboxylic acids is 2. The van der Waals surface area contributed by atoms with Crippen molar-refractivity contribution in [1.29, 1.82) is 0 Å². The number of hydrogen-bond acceptors (Lipinski definition) is 4. The summed E-state index contributed by atoms with van der Waals surface area (Å²) in [4.78, 5) is 20.5. The third-order valence-corrected chi connectivity index (χ3v) is 2.73. The predicted octanol–water partition coefficient (Wildman–Crippen LogP) is 0.818. The Balaban J connectivity index is 0.000000366. The molecule has 5 nitrogen and oxygen atoms in total. The summed E-state index contributed by atoms with van der Waals surface area (Å²) in [5.74, 6) is 0.284. The van der Waals surface area contributed by atoms with E-state index in [1.165, 1.54) is 0 Å². The van der Waals surface area contributed by atoms with Crippen LogP contribution in [-0.2, 0) is 14.3 Å². The van der Waals surface area contributed by atoms with E-state index in [0.717, 1.165) is 19.3 Å². The van der Waals surface area contributed by atoms with Gasteiger partial charge in [0.2, 0.25) is 6.41 Å². The molecule has 0 heterocycles. The zero-order valence-electron chi connectivity index (χ0n) is 10.9. The van der Waals surface area contributed by atoms with E-state index in [9.17, 15) is 9.59 Å². The average molecular weight is 244 g/mol. The summed E-state index contributed by atoms with van der Waals surface area (Å²) in [6.45, 7) is 6.24. The summed E-state index contributed by atoms with van der Waals surface area (Å²) >= 11 is 0. The van der Waals surface area contributed by atoms with Gasteiger partial charge in [0.15, 0.2) is 0 Å². The first-order valence-electron chi connectivity index (χ1n) is 6.09. The van der Waals surface area contributed by atoms with Crippen LogP contribution < -0.4 is 11.1 Å². The summed E-state index contributed by atoms with van der Waals surface area (Å²) in [6, 6.07) is 0.352. The van der Waals surface area contributed by atoms with E-state index in [1.54, 1.807) is 0 Å². The molecule has 0 radical (unpaired) electrons. The van der Waals surface area contributed by atoms with Gasteiger partial charge in [0.25, 0.3) is 0 Å². The van der Waals surface area contributed by atoms with Crippen LogP contribution in [0.5, 0.6) is 0 Å². The van der Waals surface area contributed by atoms with Gasteiger partial charge in [-0.05, 0) is 32.1 Å². The van der Waals surface area contributed by atoms with Crippen molar-refractivity contribution < 1.29 is 14.3 Å². The standard InChI is InChI=1S/C7H11NO3.C5H13N/c9-5-8-4-7(10)11-6-2-1-3-6;1-4(2)5(3)6/h5-6H,1-4H2,(H,8,9);4-5H,6H2,1-3H3. The molecule has 1 amide bonds. The molecule has 0 aromatic heterocycles. The second-order valence-corrected chi connectivity index (χ2v) is 4.64. The smallest absolute Gasteiger partial charge is 0.325 e. The first-order chi connectivity index (χ1) is 7.97. The Hall–Kier alpha value is -1.10. The molecular formula is C12H24N2O3. The molecule has 17 heavy (non-hydrogen) atoms. The molecule has 1 saturated carbocycles. The summed E-state index contributed by atoms with van der Waals surface area (Å²) in [5.41, 5.74) is 5.44. The zero-order valence-corrected chi connectivity index (χ0v) is 10.9. The minimum atomic E-state index is -0.346. The van der Waals surface area contributed by atoms with E-state index in [2.05, 4.69) is 19.2 Å². The monoisotopic (exact) mass is 244 g/mol. The van der Waals surface area contributed by atoms with Crippen molar-refractivity contribution in [3.8, 4) is 0 Å². The summed E-state index contributed by atoms with van der Waals surface area (Å²) in [7, 11) is 0. The zero-order chi connectivity index (χ0) is 13.3. The molecule has 1 atom stereocenters. The fourth-order valence-electron chi connectivity index (χ4n) is 0.841. The van der Waals surface area contributed by atoms with Gasteiger partial charge in [0.05, 0.1) is 0 Å². The minimum Gasteiger partial charge on any atom is -0.461 e. The highest BCUT2D eigenvalue weighted by Gasteiger charge is 2.20. The van der Waals surface area contributed by atoms with Crippen molar-refractivity contribution in [3.05, 3.63) is 0 Å². The van der Waals surface area contributed by atoms with Crippen molar-refractivity contribution in [2.24, 2.45) is 11.7 Å². The second kappa shape index (κ2) is 8.98. The molecule has 0 aliphatic heterocycles. The molecule has 1 aliphatic carbocycles. The fraction of sp³-hybridized carbons (Fsp3) is 0.833. The molecular weight excluding hydrogens is 220 g/mol. The Labute approximate surface area is 103 Å². The molecule has 1 rings (SSSR count). The van der Waals surface area contributed by atoms with Gasteiger partial charge in [-0.3, -0.25) is 9.59 Å². The number of ether oxygens (including phenoxy) is 1. The number of hydrogen-bond donors (Lipinski definition) is 2. The van der Waals surface area contributed by atoms with Crippen LogP contribution in [-0.4, -0.2) is 31.1 Å². The van der Waals surface area contributed by atoms with Crippen LogP contribution in [0.4, 0.5) is 0 Å². The quantitative estimate of drug-likeness (QED) is 0.554. The lowest BCUT2D eigenvalue weighted by Gasteiger charge is -2.24. The van der Waals surface area contributed by atoms with Gasteiger partial charge in [-0.15, -0.1) is 0 Å². The number of nitrogens with two attached hydrogens (primary N) is 1. The van der Waals surface area contributed by atoms with Crippen LogP contribution >= 0.6 is 0 Å². The summed E-state index contributed by atoms with van der Waals surface area (Å²) in [6.07, 6.45) is 3.66. The first kappa shape index (κ1) is 15.9. The second-order valence-electron chi connectivity index (χ2n) is 4.64. The summed E-state index contributed by atoms with van der Waals surface area (Å²) in [5, 5.41) is 2.25. The summed E-state index contributed by atoms with van der Waals surface area (Å²) < 4.78 is 4.93. The largest absolute Gasteiger partial charge is 0.461 e. The predicted molar refractivity (Wildman–Crippen MR) is 66.3 cm³/mol. The van der Waals surface area contributed by atoms with Crippen molar-refractivity contribution in [2.75, 3.05) is 6.54 Å². The maximum atomic E-state index is 10.8. The van der Waals surface area contributed by atoms with E-state index >= 15 is 0 Å². The highest BCUT2D eigenvalue weighted by Crippen LogP contribution is 2.21. The van der Waals surface area contributed by atoms with Gasteiger partial charge < -0.3 is 15.8 Å². The van der Waals surface area contributed by atoms with Crippen LogP contribution in [0, 0.1) is 5.92 Å². The lowest BCUT2D eigenvalue weighted by Crippen LogP contribution is -2.30. The average Bonchev–Trinajstić information content (AvgIpc) is 2.21. The molecule has 0 aromatic carbocycles. The maximum Gasteiger partial charge on any atom is 0.325 e. The Kier molecular flexibility index (Phi) is 8.40. The van der Waals surface area contributed by atoms with Crippen molar-refractivity contribution in [3.63, 3.8) is 0 Å². The highest BCUT2D eigenvalue weighted by atomic mass is 16.5. The number of rotatable bonds is 5. The lowest BCUT2D eigenvalue weighted by atomic mass is 9.96. The van der Waals surface area contributed by atoms with E-state index in [-0.39, 0.29) is 18.6 Å². The van der Waals surface area contributed by atoms with Gasteiger partial charge >= 0.3 is 5.97 Å². The Morgan fingerprint density at radius 1 is 1.47 bits per heavy atom. The fourth-order valence-corrected chi connectivity index (χ4v) is 0.841. The van der Waals surface area contributed by atoms with E-state index in [4.69, 9.17) is 10.5 Å². The third kappa shape index (κ3) is 8.68. The minimum absolute atomic E-state index is 0.0139. The molecule has 0 bridgehead atoms. The first-order valence-corrected chi connectivity index (χ1v) is 6.09. The van der Waals surface area contributed by atoms with Crippen molar-refractivity contribution in [2.45, 2.75) is 52.2 Å². The number of nitrogens with one attached hydrogen (secondary N) is 1. The Morgan fingerprint density at radius 3 is 2.29 bits per heavy atom. The normalized spacial score (nSPS) is 16.3. The van der Waals surface area contributed by atoms with Crippen LogP contribution in [0.1, 0.15) is 40.0 Å². The van der Waals surface area contributed by atoms with Crippen LogP contribution in [0.15, 0.2) is 0 Å². The molecule has 100 valence electrons. The van der Waals surface area contributed by atoms with Gasteiger partial charge in [0.1, 0.15) is 12.6 Å². The SMILES string of the molecule is CC(C)C(C)N.O=CNCC(=O)OC1CCC1. The molecule has 5 heteroatoms. The molecule has 1 unspecified atom stereocenters. The molecule has 1 aliphatic rings. The van der Waals surface area contributed by atoms with Gasteiger partial charge in [-0.25, -0.2) is 0 Å². The highest BCUT2D eigenvalue weighted by molar-refractivity contribution is 5.74.